The first-order valence-corrected chi connectivity index (χ1v) is 10.0. The lowest BCUT2D eigenvalue weighted by atomic mass is 9.86. The molecule has 2 N–H and O–H groups in total. The van der Waals surface area contributed by atoms with Crippen LogP contribution in [0.25, 0.3) is 0 Å². The second-order valence-electron chi connectivity index (χ2n) is 8.98. The molecule has 1 fully saturated rings. The van der Waals surface area contributed by atoms with Crippen molar-refractivity contribution in [2.75, 3.05) is 13.2 Å². The first kappa shape index (κ1) is 22.2. The summed E-state index contributed by atoms with van der Waals surface area (Å²) in [5.41, 5.74) is 1.37. The van der Waals surface area contributed by atoms with E-state index in [4.69, 9.17) is 4.74 Å². The molecule has 3 amide bonds. The molecule has 6 nitrogen and oxygen atoms in total. The Kier molecular flexibility index (Phi) is 6.75. The van der Waals surface area contributed by atoms with Gasteiger partial charge < -0.3 is 15.2 Å². The van der Waals surface area contributed by atoms with E-state index in [1.54, 1.807) is 6.92 Å². The van der Waals surface area contributed by atoms with Crippen molar-refractivity contribution in [1.82, 2.24) is 10.2 Å². The van der Waals surface area contributed by atoms with Gasteiger partial charge >= 0.3 is 6.03 Å². The van der Waals surface area contributed by atoms with Gasteiger partial charge in [0.05, 0.1) is 6.54 Å². The number of nitrogens with zero attached hydrogens (tertiary/aromatic N) is 1. The Labute approximate surface area is 168 Å². The smallest absolute Gasteiger partial charge is 0.325 e. The van der Waals surface area contributed by atoms with Crippen LogP contribution in [-0.2, 0) is 10.2 Å². The Morgan fingerprint density at radius 3 is 2.54 bits per heavy atom. The molecule has 1 saturated heterocycles. The van der Waals surface area contributed by atoms with Gasteiger partial charge in [-0.25, -0.2) is 4.79 Å². The predicted octanol–water partition coefficient (Wildman–Crippen LogP) is 3.53. The predicted molar refractivity (Wildman–Crippen MR) is 110 cm³/mol. The van der Waals surface area contributed by atoms with Gasteiger partial charge in [-0.1, -0.05) is 52.7 Å². The van der Waals surface area contributed by atoms with Crippen LogP contribution in [0.1, 0.15) is 65.0 Å². The number of amides is 3. The van der Waals surface area contributed by atoms with Crippen molar-refractivity contribution in [1.29, 1.82) is 0 Å². The van der Waals surface area contributed by atoms with Crippen molar-refractivity contribution in [3.8, 4) is 5.75 Å². The summed E-state index contributed by atoms with van der Waals surface area (Å²) in [5.74, 6) is 0.410. The third-order valence-electron chi connectivity index (χ3n) is 5.24. The number of urea groups is 1. The summed E-state index contributed by atoms with van der Waals surface area (Å²) in [6, 6.07) is 5.55. The van der Waals surface area contributed by atoms with Crippen LogP contribution in [-0.4, -0.2) is 46.7 Å². The fourth-order valence-electron chi connectivity index (χ4n) is 3.34. The Balaban J connectivity index is 1.95. The van der Waals surface area contributed by atoms with Gasteiger partial charge in [-0.3, -0.25) is 9.69 Å². The Morgan fingerprint density at radius 2 is 1.96 bits per heavy atom. The van der Waals surface area contributed by atoms with Crippen LogP contribution in [0, 0.1) is 6.92 Å². The number of aliphatic hydroxyl groups excluding tert-OH is 1. The number of aryl methyl sites for hydroxylation is 1. The third kappa shape index (κ3) is 5.04. The highest BCUT2D eigenvalue weighted by molar-refractivity contribution is 6.06. The molecule has 0 saturated carbocycles. The van der Waals surface area contributed by atoms with Crippen molar-refractivity contribution in [2.24, 2.45) is 0 Å². The zero-order chi connectivity index (χ0) is 21.1. The summed E-state index contributed by atoms with van der Waals surface area (Å²) in [7, 11) is 0. The molecule has 0 aliphatic carbocycles. The van der Waals surface area contributed by atoms with Gasteiger partial charge in [-0.2, -0.15) is 0 Å². The number of hydrogen-bond acceptors (Lipinski definition) is 4. The maximum Gasteiger partial charge on any atom is 0.325 e. The minimum absolute atomic E-state index is 0.0123. The minimum atomic E-state index is -0.954. The van der Waals surface area contributed by atoms with Crippen LogP contribution in [0.5, 0.6) is 5.75 Å². The SMILES string of the molecule is CCCCC1(C)NC(=O)N(CC(O)COc2ccc(C(C)(C)C)cc2C)C1=O. The maximum atomic E-state index is 12.6. The molecule has 2 atom stereocenters. The highest BCUT2D eigenvalue weighted by Crippen LogP contribution is 2.28. The zero-order valence-electron chi connectivity index (χ0n) is 18.0. The van der Waals surface area contributed by atoms with E-state index in [0.29, 0.717) is 12.2 Å². The summed E-state index contributed by atoms with van der Waals surface area (Å²) >= 11 is 0. The van der Waals surface area contributed by atoms with Gasteiger partial charge in [0.2, 0.25) is 0 Å². The molecule has 156 valence electrons. The second-order valence-corrected chi connectivity index (χ2v) is 8.98. The van der Waals surface area contributed by atoms with Crippen LogP contribution >= 0.6 is 0 Å². The van der Waals surface area contributed by atoms with Crippen LogP contribution in [0.4, 0.5) is 4.79 Å². The molecule has 0 radical (unpaired) electrons. The molecule has 0 spiro atoms. The van der Waals surface area contributed by atoms with Crippen LogP contribution in [0.3, 0.4) is 0 Å². The van der Waals surface area contributed by atoms with E-state index >= 15 is 0 Å². The number of aliphatic hydroxyl groups is 1. The van der Waals surface area contributed by atoms with Crippen molar-refractivity contribution >= 4 is 11.9 Å². The lowest BCUT2D eigenvalue weighted by Crippen LogP contribution is -2.44. The number of imide groups is 1. The number of carbonyl (C=O) groups excluding carboxylic acids is 2. The molecule has 2 unspecified atom stereocenters. The summed E-state index contributed by atoms with van der Waals surface area (Å²) < 4.78 is 5.74. The monoisotopic (exact) mass is 390 g/mol. The second kappa shape index (κ2) is 8.52. The number of unbranched alkanes of at least 4 members (excludes halogenated alkanes) is 1. The van der Waals surface area contributed by atoms with Gasteiger partial charge in [0.15, 0.2) is 0 Å². The van der Waals surface area contributed by atoms with E-state index < -0.39 is 17.7 Å². The zero-order valence-corrected chi connectivity index (χ0v) is 18.0. The molecule has 1 aliphatic heterocycles. The lowest BCUT2D eigenvalue weighted by molar-refractivity contribution is -0.132. The van der Waals surface area contributed by atoms with E-state index in [9.17, 15) is 14.7 Å². The van der Waals surface area contributed by atoms with Crippen LogP contribution < -0.4 is 10.1 Å². The molecule has 1 heterocycles. The Hall–Kier alpha value is -2.08. The lowest BCUT2D eigenvalue weighted by Gasteiger charge is -2.23. The standard InChI is InChI=1S/C22H34N2O4/c1-7-8-11-22(6)19(26)24(20(27)23-22)13-17(25)14-28-18-10-9-16(12-15(18)2)21(3,4)5/h9-10,12,17,25H,7-8,11,13-14H2,1-6H3,(H,23,27). The van der Waals surface area contributed by atoms with E-state index in [-0.39, 0.29) is 24.5 Å². The summed E-state index contributed by atoms with van der Waals surface area (Å²) in [6.45, 7) is 12.1. The van der Waals surface area contributed by atoms with Crippen molar-refractivity contribution in [3.63, 3.8) is 0 Å². The van der Waals surface area contributed by atoms with Gasteiger partial charge in [0.1, 0.15) is 24.0 Å². The van der Waals surface area contributed by atoms with Crippen molar-refractivity contribution in [2.45, 2.75) is 77.9 Å². The largest absolute Gasteiger partial charge is 0.491 e. The number of nitrogens with one attached hydrogen (secondary N) is 1. The summed E-state index contributed by atoms with van der Waals surface area (Å²) in [6.07, 6.45) is 1.44. The highest BCUT2D eigenvalue weighted by atomic mass is 16.5. The topological polar surface area (TPSA) is 78.9 Å². The van der Waals surface area contributed by atoms with Gasteiger partial charge in [0.25, 0.3) is 5.91 Å². The number of β-amino-alcohol motifs (C(OH)–C–C–N with tert-alkyl or cyclic N) is 1. The Bertz CT molecular complexity index is 726. The molecule has 1 aliphatic rings. The van der Waals surface area contributed by atoms with Crippen molar-refractivity contribution < 1.29 is 19.4 Å². The van der Waals surface area contributed by atoms with Gasteiger partial charge in [-0.15, -0.1) is 0 Å². The fraction of sp³-hybridized carbons (Fsp3) is 0.636. The number of carbonyl (C=O) groups is 2. The molecule has 28 heavy (non-hydrogen) atoms. The highest BCUT2D eigenvalue weighted by Gasteiger charge is 2.47. The van der Waals surface area contributed by atoms with E-state index in [2.05, 4.69) is 32.2 Å². The quantitative estimate of drug-likeness (QED) is 0.666. The average Bonchev–Trinajstić information content (AvgIpc) is 2.81. The van der Waals surface area contributed by atoms with E-state index in [1.165, 1.54) is 5.56 Å². The molecule has 6 heteroatoms. The molecule has 1 aromatic carbocycles. The molecule has 2 rings (SSSR count). The number of rotatable bonds is 8. The minimum Gasteiger partial charge on any atom is -0.491 e. The summed E-state index contributed by atoms with van der Waals surface area (Å²) in [4.78, 5) is 25.9. The maximum absolute atomic E-state index is 12.6. The van der Waals surface area contributed by atoms with Crippen molar-refractivity contribution in [3.05, 3.63) is 29.3 Å². The molecule has 0 bridgehead atoms. The fourth-order valence-corrected chi connectivity index (χ4v) is 3.34. The molecular weight excluding hydrogens is 356 g/mol. The average molecular weight is 391 g/mol. The van der Waals surface area contributed by atoms with E-state index in [1.807, 2.05) is 26.0 Å². The summed E-state index contributed by atoms with van der Waals surface area (Å²) in [5, 5.41) is 13.1. The van der Waals surface area contributed by atoms with Crippen LogP contribution in [0.2, 0.25) is 0 Å². The Morgan fingerprint density at radius 1 is 1.29 bits per heavy atom. The molecular formula is C22H34N2O4. The first-order chi connectivity index (χ1) is 13.0. The normalized spacial score (nSPS) is 21.0. The van der Waals surface area contributed by atoms with E-state index in [0.717, 1.165) is 23.3 Å². The third-order valence-corrected chi connectivity index (χ3v) is 5.24. The van der Waals surface area contributed by atoms with Crippen LogP contribution in [0.15, 0.2) is 18.2 Å². The first-order valence-electron chi connectivity index (χ1n) is 10.0. The molecule has 1 aromatic rings. The molecule has 0 aromatic heterocycles. The van der Waals surface area contributed by atoms with Gasteiger partial charge in [-0.05, 0) is 42.9 Å². The number of ether oxygens (including phenoxy) is 1. The number of benzene rings is 1. The van der Waals surface area contributed by atoms with Gasteiger partial charge in [0, 0.05) is 0 Å². The number of hydrogen-bond donors (Lipinski definition) is 2.